The summed E-state index contributed by atoms with van der Waals surface area (Å²) in [6, 6.07) is 19.9. The lowest BCUT2D eigenvalue weighted by atomic mass is 10.1. The van der Waals surface area contributed by atoms with Crippen LogP contribution in [0.3, 0.4) is 0 Å². The van der Waals surface area contributed by atoms with Gasteiger partial charge >= 0.3 is 6.61 Å². The van der Waals surface area contributed by atoms with Crippen LogP contribution in [-0.4, -0.2) is 33.0 Å². The average molecular weight is 559 g/mol. The van der Waals surface area contributed by atoms with Gasteiger partial charge in [0.25, 0.3) is 0 Å². The van der Waals surface area contributed by atoms with Gasteiger partial charge in [0, 0.05) is 10.0 Å². The van der Waals surface area contributed by atoms with Gasteiger partial charge in [-0.3, -0.25) is 9.36 Å². The van der Waals surface area contributed by atoms with Gasteiger partial charge in [-0.25, -0.2) is 0 Å². The molecule has 35 heavy (non-hydrogen) atoms. The fourth-order valence-electron chi connectivity index (χ4n) is 3.55. The first-order chi connectivity index (χ1) is 16.8. The van der Waals surface area contributed by atoms with Crippen molar-refractivity contribution in [2.24, 2.45) is 0 Å². The van der Waals surface area contributed by atoms with Crippen LogP contribution in [0.2, 0.25) is 0 Å². The lowest BCUT2D eigenvalue weighted by Gasteiger charge is -2.13. The lowest BCUT2D eigenvalue weighted by molar-refractivity contribution is -0.113. The molecule has 4 aromatic rings. The Kier molecular flexibility index (Phi) is 7.82. The van der Waals surface area contributed by atoms with Crippen LogP contribution in [0.5, 0.6) is 5.75 Å². The molecule has 0 aliphatic carbocycles. The predicted molar refractivity (Wildman–Crippen MR) is 136 cm³/mol. The molecule has 10 heteroatoms. The first-order valence-electron chi connectivity index (χ1n) is 10.6. The van der Waals surface area contributed by atoms with Crippen LogP contribution in [-0.2, 0) is 4.79 Å². The number of carbonyl (C=O) groups excluding carboxylic acids is 1. The second kappa shape index (κ2) is 11.0. The zero-order valence-electron chi connectivity index (χ0n) is 18.8. The van der Waals surface area contributed by atoms with Crippen LogP contribution in [0, 0.1) is 13.8 Å². The third kappa shape index (κ3) is 6.26. The van der Waals surface area contributed by atoms with Gasteiger partial charge in [-0.05, 0) is 61.4 Å². The minimum absolute atomic E-state index is 0.00766. The zero-order valence-corrected chi connectivity index (χ0v) is 21.2. The Morgan fingerprint density at radius 2 is 1.74 bits per heavy atom. The van der Waals surface area contributed by atoms with E-state index in [1.165, 1.54) is 23.9 Å². The SMILES string of the molecule is Cc1cc(C)cc(-n2c(SCC(=O)Nc3ccccc3OC(F)F)nnc2-c2ccc(Br)cc2)c1. The van der Waals surface area contributed by atoms with Crippen molar-refractivity contribution in [2.75, 3.05) is 11.1 Å². The Morgan fingerprint density at radius 3 is 2.43 bits per heavy atom. The maximum atomic E-state index is 12.7. The highest BCUT2D eigenvalue weighted by molar-refractivity contribution is 9.10. The molecule has 0 aliphatic heterocycles. The van der Waals surface area contributed by atoms with Crippen molar-refractivity contribution in [3.05, 3.63) is 82.3 Å². The van der Waals surface area contributed by atoms with Crippen molar-refractivity contribution in [3.63, 3.8) is 0 Å². The van der Waals surface area contributed by atoms with Crippen LogP contribution in [0.1, 0.15) is 11.1 Å². The van der Waals surface area contributed by atoms with E-state index in [9.17, 15) is 13.6 Å². The Morgan fingerprint density at radius 1 is 1.06 bits per heavy atom. The maximum Gasteiger partial charge on any atom is 0.387 e. The summed E-state index contributed by atoms with van der Waals surface area (Å²) in [6.07, 6.45) is 0. The number of hydrogen-bond acceptors (Lipinski definition) is 5. The number of hydrogen-bond donors (Lipinski definition) is 1. The third-order valence-corrected chi connectivity index (χ3v) is 6.37. The molecule has 3 aromatic carbocycles. The van der Waals surface area contributed by atoms with Crippen molar-refractivity contribution in [3.8, 4) is 22.8 Å². The number of carbonyl (C=O) groups is 1. The summed E-state index contributed by atoms with van der Waals surface area (Å²) in [6.45, 7) is 1.04. The number of nitrogens with zero attached hydrogens (tertiary/aromatic N) is 3. The molecule has 0 saturated carbocycles. The summed E-state index contributed by atoms with van der Waals surface area (Å²) in [4.78, 5) is 12.7. The second-order valence-corrected chi connectivity index (χ2v) is 9.56. The van der Waals surface area contributed by atoms with Crippen molar-refractivity contribution in [1.82, 2.24) is 14.8 Å². The number of halogens is 3. The monoisotopic (exact) mass is 558 g/mol. The molecule has 0 fully saturated rings. The van der Waals surface area contributed by atoms with E-state index in [4.69, 9.17) is 0 Å². The highest BCUT2D eigenvalue weighted by Gasteiger charge is 2.19. The Bertz CT molecular complexity index is 1330. The Hall–Kier alpha value is -3.24. The van der Waals surface area contributed by atoms with Crippen LogP contribution in [0.15, 0.2) is 76.4 Å². The molecule has 1 heterocycles. The first kappa shape index (κ1) is 24.9. The van der Waals surface area contributed by atoms with Crippen LogP contribution < -0.4 is 10.1 Å². The molecule has 4 rings (SSSR count). The van der Waals surface area contributed by atoms with Crippen LogP contribution in [0.25, 0.3) is 17.1 Å². The fraction of sp³-hybridized carbons (Fsp3) is 0.160. The number of alkyl halides is 2. The molecule has 180 valence electrons. The summed E-state index contributed by atoms with van der Waals surface area (Å²) >= 11 is 4.65. The molecule has 0 unspecified atom stereocenters. The minimum atomic E-state index is -2.99. The number of aryl methyl sites for hydroxylation is 2. The van der Waals surface area contributed by atoms with Crippen molar-refractivity contribution in [2.45, 2.75) is 25.6 Å². The molecular formula is C25H21BrF2N4O2S. The summed E-state index contributed by atoms with van der Waals surface area (Å²) in [5.74, 6) is 0.144. The summed E-state index contributed by atoms with van der Waals surface area (Å²) in [7, 11) is 0. The van der Waals surface area contributed by atoms with Crippen molar-refractivity contribution in [1.29, 1.82) is 0 Å². The highest BCUT2D eigenvalue weighted by Crippen LogP contribution is 2.30. The Labute approximate surface area is 213 Å². The summed E-state index contributed by atoms with van der Waals surface area (Å²) in [5, 5.41) is 11.9. The summed E-state index contributed by atoms with van der Waals surface area (Å²) < 4.78 is 32.7. The van der Waals surface area contributed by atoms with E-state index < -0.39 is 6.61 Å². The van der Waals surface area contributed by atoms with Gasteiger partial charge < -0.3 is 10.1 Å². The van der Waals surface area contributed by atoms with Gasteiger partial charge in [0.1, 0.15) is 5.75 Å². The molecule has 0 aliphatic rings. The van der Waals surface area contributed by atoms with Gasteiger partial charge in [0.05, 0.1) is 17.1 Å². The number of rotatable bonds is 8. The molecule has 0 atom stereocenters. The zero-order chi connectivity index (χ0) is 24.9. The van der Waals surface area contributed by atoms with Crippen molar-refractivity contribution >= 4 is 39.3 Å². The van der Waals surface area contributed by atoms with Gasteiger partial charge in [0.15, 0.2) is 11.0 Å². The van der Waals surface area contributed by atoms with E-state index in [0.717, 1.165) is 26.9 Å². The van der Waals surface area contributed by atoms with E-state index in [-0.39, 0.29) is 23.1 Å². The number of thioether (sulfide) groups is 1. The highest BCUT2D eigenvalue weighted by atomic mass is 79.9. The molecule has 0 bridgehead atoms. The fourth-order valence-corrected chi connectivity index (χ4v) is 4.56. The van der Waals surface area contributed by atoms with Crippen LogP contribution in [0.4, 0.5) is 14.5 Å². The number of nitrogens with one attached hydrogen (secondary N) is 1. The Balaban J connectivity index is 1.61. The molecule has 1 aromatic heterocycles. The van der Waals surface area contributed by atoms with Crippen LogP contribution >= 0.6 is 27.7 Å². The van der Waals surface area contributed by atoms with E-state index in [1.807, 2.05) is 54.8 Å². The third-order valence-electron chi connectivity index (χ3n) is 4.91. The molecule has 1 N–H and O–H groups in total. The molecule has 0 saturated heterocycles. The quantitative estimate of drug-likeness (QED) is 0.245. The number of amides is 1. The molecule has 0 spiro atoms. The van der Waals surface area contributed by atoms with E-state index in [0.29, 0.717) is 11.0 Å². The first-order valence-corrected chi connectivity index (χ1v) is 12.3. The van der Waals surface area contributed by atoms with Gasteiger partial charge in [-0.2, -0.15) is 8.78 Å². The van der Waals surface area contributed by atoms with Gasteiger partial charge in [-0.15, -0.1) is 10.2 Å². The lowest BCUT2D eigenvalue weighted by Crippen LogP contribution is -2.16. The number of benzene rings is 3. The number of para-hydroxylation sites is 2. The normalized spacial score (nSPS) is 11.0. The van der Waals surface area contributed by atoms with Crippen molar-refractivity contribution < 1.29 is 18.3 Å². The molecule has 6 nitrogen and oxygen atoms in total. The van der Waals surface area contributed by atoms with E-state index in [2.05, 4.69) is 42.2 Å². The minimum Gasteiger partial charge on any atom is -0.433 e. The predicted octanol–water partition coefficient (Wildman–Crippen LogP) is 6.65. The standard InChI is InChI=1S/C25H21BrF2N4O2S/c1-15-11-16(2)13-19(12-15)32-23(17-7-9-18(26)10-8-17)30-31-25(32)35-14-22(33)29-20-5-3-4-6-21(20)34-24(27)28/h3-13,24H,14H2,1-2H3,(H,29,33). The van der Waals surface area contributed by atoms with E-state index >= 15 is 0 Å². The topological polar surface area (TPSA) is 69.0 Å². The maximum absolute atomic E-state index is 12.7. The number of anilines is 1. The summed E-state index contributed by atoms with van der Waals surface area (Å²) in [5.41, 5.74) is 4.09. The van der Waals surface area contributed by atoms with Gasteiger partial charge in [-0.1, -0.05) is 58.0 Å². The molecule has 0 radical (unpaired) electrons. The smallest absolute Gasteiger partial charge is 0.387 e. The van der Waals surface area contributed by atoms with E-state index in [1.54, 1.807) is 12.1 Å². The molecule has 1 amide bonds. The number of ether oxygens (including phenoxy) is 1. The molecular weight excluding hydrogens is 538 g/mol. The average Bonchev–Trinajstić information content (AvgIpc) is 3.22. The number of aromatic nitrogens is 3. The largest absolute Gasteiger partial charge is 0.433 e. The van der Waals surface area contributed by atoms with Gasteiger partial charge in [0.2, 0.25) is 5.91 Å². The second-order valence-electron chi connectivity index (χ2n) is 7.71.